The van der Waals surface area contributed by atoms with Crippen LogP contribution in [0.2, 0.25) is 0 Å². The summed E-state index contributed by atoms with van der Waals surface area (Å²) in [5, 5.41) is 4.08. The highest BCUT2D eigenvalue weighted by Gasteiger charge is 2.23. The minimum absolute atomic E-state index is 0.0480. The summed E-state index contributed by atoms with van der Waals surface area (Å²) in [6, 6.07) is 14.0. The molecule has 1 unspecified atom stereocenters. The van der Waals surface area contributed by atoms with Gasteiger partial charge in [0.25, 0.3) is 0 Å². The Balaban J connectivity index is 1.64. The normalized spacial score (nSPS) is 15.6. The van der Waals surface area contributed by atoms with Crippen molar-refractivity contribution in [3.63, 3.8) is 0 Å². The standard InChI is InChI=1S/C20H24N2O2S/c1-4-22(20(25)21-17-9-7-8-14(2)15(17)3)12-16-13-23-18-10-5-6-11-19(18)24-16/h5-11,16H,4,12-13H2,1-3H3,(H,21,25). The fourth-order valence-corrected chi connectivity index (χ4v) is 3.15. The molecular weight excluding hydrogens is 332 g/mol. The van der Waals surface area contributed by atoms with E-state index in [-0.39, 0.29) is 6.10 Å². The summed E-state index contributed by atoms with van der Waals surface area (Å²) in [6.07, 6.45) is -0.0480. The topological polar surface area (TPSA) is 33.7 Å². The number of likely N-dealkylation sites (N-methyl/N-ethyl adjacent to an activating group) is 1. The van der Waals surface area contributed by atoms with Crippen molar-refractivity contribution >= 4 is 23.0 Å². The van der Waals surface area contributed by atoms with E-state index in [1.165, 1.54) is 11.1 Å². The number of thiocarbonyl (C=S) groups is 1. The molecule has 1 atom stereocenters. The van der Waals surface area contributed by atoms with E-state index >= 15 is 0 Å². The summed E-state index contributed by atoms with van der Waals surface area (Å²) < 4.78 is 11.9. The van der Waals surface area contributed by atoms with Crippen LogP contribution in [-0.2, 0) is 0 Å². The van der Waals surface area contributed by atoms with E-state index in [0.717, 1.165) is 23.7 Å². The van der Waals surface area contributed by atoms with Crippen LogP contribution in [0.25, 0.3) is 0 Å². The molecule has 0 radical (unpaired) electrons. The first-order valence-corrected chi connectivity index (χ1v) is 9.00. The van der Waals surface area contributed by atoms with E-state index in [9.17, 15) is 0 Å². The number of hydrogen-bond donors (Lipinski definition) is 1. The highest BCUT2D eigenvalue weighted by Crippen LogP contribution is 2.31. The van der Waals surface area contributed by atoms with Crippen molar-refractivity contribution in [1.82, 2.24) is 4.90 Å². The van der Waals surface area contributed by atoms with Crippen LogP contribution >= 0.6 is 12.2 Å². The molecule has 0 saturated heterocycles. The molecule has 1 aliphatic rings. The average Bonchev–Trinajstić information content (AvgIpc) is 2.63. The first-order valence-electron chi connectivity index (χ1n) is 8.59. The largest absolute Gasteiger partial charge is 0.486 e. The lowest BCUT2D eigenvalue weighted by Crippen LogP contribution is -2.45. The zero-order valence-corrected chi connectivity index (χ0v) is 15.7. The predicted octanol–water partition coefficient (Wildman–Crippen LogP) is 4.16. The Morgan fingerprint density at radius 2 is 1.92 bits per heavy atom. The second-order valence-electron chi connectivity index (χ2n) is 6.21. The molecule has 25 heavy (non-hydrogen) atoms. The molecule has 5 heteroatoms. The van der Waals surface area contributed by atoms with Gasteiger partial charge in [0.1, 0.15) is 6.61 Å². The molecule has 0 fully saturated rings. The van der Waals surface area contributed by atoms with E-state index in [1.807, 2.05) is 30.3 Å². The molecule has 1 N–H and O–H groups in total. The van der Waals surface area contributed by atoms with Gasteiger partial charge in [0.2, 0.25) is 0 Å². The van der Waals surface area contributed by atoms with Crippen molar-refractivity contribution in [2.24, 2.45) is 0 Å². The van der Waals surface area contributed by atoms with Crippen LogP contribution in [0.15, 0.2) is 42.5 Å². The quantitative estimate of drug-likeness (QED) is 0.832. The summed E-state index contributed by atoms with van der Waals surface area (Å²) in [7, 11) is 0. The van der Waals surface area contributed by atoms with Gasteiger partial charge in [-0.3, -0.25) is 0 Å². The van der Waals surface area contributed by atoms with Crippen molar-refractivity contribution < 1.29 is 9.47 Å². The SMILES string of the molecule is CCN(CC1COc2ccccc2O1)C(=S)Nc1cccc(C)c1C. The van der Waals surface area contributed by atoms with Gasteiger partial charge >= 0.3 is 0 Å². The Bertz CT molecular complexity index is 763. The van der Waals surface area contributed by atoms with Gasteiger partial charge in [-0.2, -0.15) is 0 Å². The minimum atomic E-state index is -0.0480. The van der Waals surface area contributed by atoms with Gasteiger partial charge in [-0.1, -0.05) is 24.3 Å². The maximum atomic E-state index is 6.05. The Labute approximate surface area is 154 Å². The van der Waals surface area contributed by atoms with Crippen LogP contribution in [-0.4, -0.2) is 35.8 Å². The third kappa shape index (κ3) is 4.04. The Morgan fingerprint density at radius 3 is 2.68 bits per heavy atom. The number of benzene rings is 2. The lowest BCUT2D eigenvalue weighted by atomic mass is 10.1. The van der Waals surface area contributed by atoms with Crippen LogP contribution in [0.1, 0.15) is 18.1 Å². The molecule has 1 aliphatic heterocycles. The number of fused-ring (bicyclic) bond motifs is 1. The van der Waals surface area contributed by atoms with Gasteiger partial charge in [-0.25, -0.2) is 0 Å². The van der Waals surface area contributed by atoms with Crippen molar-refractivity contribution in [2.45, 2.75) is 26.9 Å². The van der Waals surface area contributed by atoms with Gasteiger partial charge in [-0.15, -0.1) is 0 Å². The fraction of sp³-hybridized carbons (Fsp3) is 0.350. The number of aryl methyl sites for hydroxylation is 1. The maximum Gasteiger partial charge on any atom is 0.173 e. The number of rotatable bonds is 4. The maximum absolute atomic E-state index is 6.05. The third-order valence-electron chi connectivity index (χ3n) is 4.51. The van der Waals surface area contributed by atoms with Crippen molar-refractivity contribution in [1.29, 1.82) is 0 Å². The summed E-state index contributed by atoms with van der Waals surface area (Å²) in [4.78, 5) is 2.11. The minimum Gasteiger partial charge on any atom is -0.486 e. The zero-order valence-electron chi connectivity index (χ0n) is 14.9. The summed E-state index contributed by atoms with van der Waals surface area (Å²) in [5.74, 6) is 1.60. The first kappa shape index (κ1) is 17.5. The second kappa shape index (κ2) is 7.74. The molecule has 0 spiro atoms. The molecule has 0 bridgehead atoms. The van der Waals surface area contributed by atoms with E-state index in [4.69, 9.17) is 21.7 Å². The second-order valence-corrected chi connectivity index (χ2v) is 6.60. The molecule has 1 heterocycles. The van der Waals surface area contributed by atoms with E-state index in [2.05, 4.69) is 43.1 Å². The van der Waals surface area contributed by atoms with Gasteiger partial charge in [0.05, 0.1) is 6.54 Å². The van der Waals surface area contributed by atoms with Crippen LogP contribution < -0.4 is 14.8 Å². The lowest BCUT2D eigenvalue weighted by molar-refractivity contribution is 0.0754. The lowest BCUT2D eigenvalue weighted by Gasteiger charge is -2.32. The van der Waals surface area contributed by atoms with Crippen LogP contribution in [0.4, 0.5) is 5.69 Å². The van der Waals surface area contributed by atoms with E-state index < -0.39 is 0 Å². The highest BCUT2D eigenvalue weighted by atomic mass is 32.1. The zero-order chi connectivity index (χ0) is 17.8. The number of para-hydroxylation sites is 2. The van der Waals surface area contributed by atoms with Gasteiger partial charge in [0.15, 0.2) is 22.7 Å². The van der Waals surface area contributed by atoms with Gasteiger partial charge in [0, 0.05) is 12.2 Å². The van der Waals surface area contributed by atoms with Crippen LogP contribution in [0, 0.1) is 13.8 Å². The van der Waals surface area contributed by atoms with Gasteiger partial charge < -0.3 is 19.7 Å². The Hall–Kier alpha value is -2.27. The molecule has 0 saturated carbocycles. The number of nitrogens with zero attached hydrogens (tertiary/aromatic N) is 1. The summed E-state index contributed by atoms with van der Waals surface area (Å²) >= 11 is 5.62. The monoisotopic (exact) mass is 356 g/mol. The number of anilines is 1. The first-order chi connectivity index (χ1) is 12.1. The molecule has 0 amide bonds. The molecule has 132 valence electrons. The summed E-state index contributed by atoms with van der Waals surface area (Å²) in [6.45, 7) is 8.31. The average molecular weight is 356 g/mol. The van der Waals surface area contributed by atoms with E-state index in [0.29, 0.717) is 18.3 Å². The number of ether oxygens (including phenoxy) is 2. The summed E-state index contributed by atoms with van der Waals surface area (Å²) in [5.41, 5.74) is 3.51. The highest BCUT2D eigenvalue weighted by molar-refractivity contribution is 7.80. The molecule has 0 aromatic heterocycles. The molecule has 3 rings (SSSR count). The number of nitrogens with one attached hydrogen (secondary N) is 1. The van der Waals surface area contributed by atoms with Crippen molar-refractivity contribution in [2.75, 3.05) is 25.0 Å². The Morgan fingerprint density at radius 1 is 1.16 bits per heavy atom. The smallest absolute Gasteiger partial charge is 0.173 e. The Kier molecular flexibility index (Phi) is 5.43. The van der Waals surface area contributed by atoms with Gasteiger partial charge in [-0.05, 0) is 62.3 Å². The van der Waals surface area contributed by atoms with Crippen LogP contribution in [0.5, 0.6) is 11.5 Å². The third-order valence-corrected chi connectivity index (χ3v) is 4.87. The number of hydrogen-bond acceptors (Lipinski definition) is 3. The molecule has 2 aromatic carbocycles. The fourth-order valence-electron chi connectivity index (χ4n) is 2.84. The molecule has 0 aliphatic carbocycles. The van der Waals surface area contributed by atoms with Crippen LogP contribution in [0.3, 0.4) is 0 Å². The molecule has 4 nitrogen and oxygen atoms in total. The van der Waals surface area contributed by atoms with Crippen molar-refractivity contribution in [3.8, 4) is 11.5 Å². The van der Waals surface area contributed by atoms with E-state index in [1.54, 1.807) is 0 Å². The van der Waals surface area contributed by atoms with Crippen molar-refractivity contribution in [3.05, 3.63) is 53.6 Å². The predicted molar refractivity (Wildman–Crippen MR) is 106 cm³/mol. The molecule has 2 aromatic rings. The molecular formula is C20H24N2O2S.